The van der Waals surface area contributed by atoms with E-state index in [-0.39, 0.29) is 22.8 Å². The van der Waals surface area contributed by atoms with Crippen LogP contribution in [0.15, 0.2) is 84.6 Å². The van der Waals surface area contributed by atoms with Crippen LogP contribution in [-0.2, 0) is 17.1 Å². The zero-order chi connectivity index (χ0) is 15.6. The molecule has 0 aliphatic carbocycles. The Morgan fingerprint density at radius 2 is 1.78 bits per heavy atom. The van der Waals surface area contributed by atoms with Crippen LogP contribution in [0, 0.1) is 10.1 Å². The van der Waals surface area contributed by atoms with E-state index in [1.54, 1.807) is 18.2 Å². The predicted octanol–water partition coefficient (Wildman–Crippen LogP) is 5.04. The first-order valence-corrected chi connectivity index (χ1v) is 6.81. The minimum atomic E-state index is -0.405. The molecular weight excluding hydrogens is 330 g/mol. The number of nitro groups is 1. The van der Waals surface area contributed by atoms with Gasteiger partial charge in [0.1, 0.15) is 0 Å². The second kappa shape index (κ2) is 10.1. The Hall–Kier alpha value is -2.64. The van der Waals surface area contributed by atoms with Crippen LogP contribution in [0.4, 0.5) is 5.69 Å². The minimum Gasteiger partial charge on any atom is -0.258 e. The van der Waals surface area contributed by atoms with Crippen molar-refractivity contribution in [2.24, 2.45) is 0 Å². The van der Waals surface area contributed by atoms with E-state index < -0.39 is 4.92 Å². The van der Waals surface area contributed by atoms with Gasteiger partial charge in [0.25, 0.3) is 5.69 Å². The SMILES string of the molecule is O=[N+]([O-])c1cccc(C=C=Cc2ccc[cH-]2)c1.[Fe+2].c1cc[cH-]c1. The zero-order valence-corrected chi connectivity index (χ0v) is 13.4. The first kappa shape index (κ1) is 18.4. The zero-order valence-electron chi connectivity index (χ0n) is 12.3. The summed E-state index contributed by atoms with van der Waals surface area (Å²) in [5.74, 6) is 0. The van der Waals surface area contributed by atoms with Gasteiger partial charge in [-0.05, 0) is 11.6 Å². The Morgan fingerprint density at radius 3 is 2.35 bits per heavy atom. The van der Waals surface area contributed by atoms with E-state index in [1.807, 2.05) is 60.7 Å². The van der Waals surface area contributed by atoms with Crippen LogP contribution in [0.1, 0.15) is 11.1 Å². The molecule has 0 saturated heterocycles. The summed E-state index contributed by atoms with van der Waals surface area (Å²) in [6.07, 6.45) is 3.55. The van der Waals surface area contributed by atoms with Crippen molar-refractivity contribution < 1.29 is 22.0 Å². The fraction of sp³-hybridized carbons (Fsp3) is 0. The van der Waals surface area contributed by atoms with Gasteiger partial charge >= 0.3 is 17.1 Å². The Balaban J connectivity index is 0.000000377. The largest absolute Gasteiger partial charge is 2.00 e. The van der Waals surface area contributed by atoms with E-state index in [2.05, 4.69) is 5.73 Å². The molecular formula is C19H15FeNO2. The van der Waals surface area contributed by atoms with Gasteiger partial charge in [-0.25, -0.2) is 12.1 Å². The summed E-state index contributed by atoms with van der Waals surface area (Å²) in [6.45, 7) is 0. The van der Waals surface area contributed by atoms with Crippen LogP contribution < -0.4 is 0 Å². The van der Waals surface area contributed by atoms with E-state index >= 15 is 0 Å². The first-order chi connectivity index (χ1) is 10.8. The van der Waals surface area contributed by atoms with Gasteiger partial charge in [-0.15, -0.1) is 11.6 Å². The second-order valence-electron chi connectivity index (χ2n) is 4.49. The molecule has 0 spiro atoms. The third-order valence-electron chi connectivity index (χ3n) is 2.83. The summed E-state index contributed by atoms with van der Waals surface area (Å²) >= 11 is 0. The molecule has 3 aromatic carbocycles. The van der Waals surface area contributed by atoms with Gasteiger partial charge in [0, 0.05) is 12.1 Å². The van der Waals surface area contributed by atoms with Gasteiger partial charge in [-0.1, -0.05) is 18.2 Å². The molecule has 0 fully saturated rings. The Morgan fingerprint density at radius 1 is 1.00 bits per heavy atom. The van der Waals surface area contributed by atoms with Gasteiger partial charge in [-0.2, -0.15) is 42.1 Å². The minimum absolute atomic E-state index is 0. The number of nitrogens with zero attached hydrogens (tertiary/aromatic N) is 1. The molecule has 116 valence electrons. The maximum Gasteiger partial charge on any atom is 2.00 e. The molecule has 0 bridgehead atoms. The summed E-state index contributed by atoms with van der Waals surface area (Å²) in [7, 11) is 0. The van der Waals surface area contributed by atoms with Crippen LogP contribution in [0.3, 0.4) is 0 Å². The van der Waals surface area contributed by atoms with Gasteiger partial charge in [0.05, 0.1) is 4.92 Å². The van der Waals surface area contributed by atoms with E-state index in [9.17, 15) is 10.1 Å². The molecule has 3 nitrogen and oxygen atoms in total. The van der Waals surface area contributed by atoms with E-state index in [0.29, 0.717) is 0 Å². The summed E-state index contributed by atoms with van der Waals surface area (Å²) in [5, 5.41) is 10.6. The smallest absolute Gasteiger partial charge is 0.258 e. The maximum absolute atomic E-state index is 10.6. The van der Waals surface area contributed by atoms with E-state index in [0.717, 1.165) is 11.1 Å². The number of hydrogen-bond donors (Lipinski definition) is 0. The number of rotatable bonds is 3. The van der Waals surface area contributed by atoms with Gasteiger partial charge < -0.3 is 0 Å². The van der Waals surface area contributed by atoms with Crippen LogP contribution >= 0.6 is 0 Å². The summed E-state index contributed by atoms with van der Waals surface area (Å²) in [6, 6.07) is 24.3. The van der Waals surface area contributed by atoms with Crippen LogP contribution in [0.2, 0.25) is 0 Å². The summed E-state index contributed by atoms with van der Waals surface area (Å²) in [4.78, 5) is 10.2. The van der Waals surface area contributed by atoms with Gasteiger partial charge in [0.15, 0.2) is 0 Å². The second-order valence-corrected chi connectivity index (χ2v) is 4.49. The van der Waals surface area contributed by atoms with Gasteiger partial charge in [-0.3, -0.25) is 10.1 Å². The fourth-order valence-electron chi connectivity index (χ4n) is 1.77. The van der Waals surface area contributed by atoms with Crippen LogP contribution in [0.5, 0.6) is 0 Å². The van der Waals surface area contributed by atoms with Crippen molar-refractivity contribution in [2.75, 3.05) is 0 Å². The Labute approximate surface area is 145 Å². The average molecular weight is 345 g/mol. The quantitative estimate of drug-likeness (QED) is 0.219. The Bertz CT molecular complexity index is 735. The number of nitro benzene ring substituents is 1. The summed E-state index contributed by atoms with van der Waals surface area (Å²) < 4.78 is 0. The average Bonchev–Trinajstić information content (AvgIpc) is 3.24. The molecule has 0 N–H and O–H groups in total. The number of hydrogen-bond acceptors (Lipinski definition) is 2. The van der Waals surface area contributed by atoms with E-state index in [1.165, 1.54) is 12.1 Å². The predicted molar refractivity (Wildman–Crippen MR) is 89.6 cm³/mol. The van der Waals surface area contributed by atoms with E-state index in [4.69, 9.17) is 0 Å². The molecule has 23 heavy (non-hydrogen) atoms. The Kier molecular flexibility index (Phi) is 8.12. The molecule has 0 saturated carbocycles. The molecule has 0 aromatic heterocycles. The molecule has 0 unspecified atom stereocenters. The third kappa shape index (κ3) is 6.77. The molecule has 4 heteroatoms. The van der Waals surface area contributed by atoms with Crippen LogP contribution in [0.25, 0.3) is 12.2 Å². The molecule has 0 atom stereocenters. The van der Waals surface area contributed by atoms with Crippen molar-refractivity contribution in [1.82, 2.24) is 0 Å². The van der Waals surface area contributed by atoms with Crippen molar-refractivity contribution in [3.63, 3.8) is 0 Å². The standard InChI is InChI=1S/C14H10NO2.C5H5.Fe/c16-15(17)14-10-4-9-13(11-14)8-3-7-12-5-1-2-6-12;1-2-4-5-3-1;/h1-2,4-11H;1-5H;/q2*-1;+2. The van der Waals surface area contributed by atoms with Crippen molar-refractivity contribution in [1.29, 1.82) is 0 Å². The first-order valence-electron chi connectivity index (χ1n) is 6.81. The third-order valence-corrected chi connectivity index (χ3v) is 2.83. The van der Waals surface area contributed by atoms with Crippen LogP contribution in [-0.4, -0.2) is 4.92 Å². The van der Waals surface area contributed by atoms with Crippen molar-refractivity contribution in [3.05, 3.63) is 106 Å². The molecule has 0 radical (unpaired) electrons. The van der Waals surface area contributed by atoms with Crippen molar-refractivity contribution in [2.45, 2.75) is 0 Å². The molecule has 0 amide bonds. The monoisotopic (exact) mass is 345 g/mol. The topological polar surface area (TPSA) is 43.1 Å². The molecule has 0 aliphatic rings. The normalized spacial score (nSPS) is 8.70. The molecule has 3 rings (SSSR count). The molecule has 0 aliphatic heterocycles. The van der Waals surface area contributed by atoms with Crippen molar-refractivity contribution >= 4 is 17.8 Å². The number of benzene rings is 1. The van der Waals surface area contributed by atoms with Gasteiger partial charge in [0.2, 0.25) is 0 Å². The summed E-state index contributed by atoms with van der Waals surface area (Å²) in [5.41, 5.74) is 4.92. The maximum atomic E-state index is 10.6. The number of non-ortho nitro benzene ring substituents is 1. The molecule has 3 aromatic rings. The fourth-order valence-corrected chi connectivity index (χ4v) is 1.77. The molecule has 0 heterocycles. The van der Waals surface area contributed by atoms with Crippen molar-refractivity contribution in [3.8, 4) is 0 Å².